The number of hydrogen-bond acceptors (Lipinski definition) is 3. The van der Waals surface area contributed by atoms with E-state index in [2.05, 4.69) is 30.4 Å². The highest BCUT2D eigenvalue weighted by Crippen LogP contribution is 2.25. The number of ether oxygens (including phenoxy) is 2. The smallest absolute Gasteiger partial charge is 0.124 e. The highest BCUT2D eigenvalue weighted by atomic mass is 16.5. The van der Waals surface area contributed by atoms with Crippen molar-refractivity contribution in [1.29, 1.82) is 0 Å². The summed E-state index contributed by atoms with van der Waals surface area (Å²) in [5, 5.41) is 3.44. The van der Waals surface area contributed by atoms with Gasteiger partial charge in [-0.15, -0.1) is 0 Å². The van der Waals surface area contributed by atoms with Gasteiger partial charge in [0.1, 0.15) is 5.75 Å². The van der Waals surface area contributed by atoms with Crippen LogP contribution in [0.5, 0.6) is 5.75 Å². The average Bonchev–Trinajstić information content (AvgIpc) is 2.54. The highest BCUT2D eigenvalue weighted by molar-refractivity contribution is 5.36. The Morgan fingerprint density at radius 3 is 2.71 bits per heavy atom. The third-order valence-electron chi connectivity index (χ3n) is 4.13. The van der Waals surface area contributed by atoms with Gasteiger partial charge in [-0.2, -0.15) is 0 Å². The third kappa shape index (κ3) is 5.33. The Balaban J connectivity index is 1.92. The first kappa shape index (κ1) is 16.3. The van der Waals surface area contributed by atoms with E-state index in [9.17, 15) is 0 Å². The molecule has 0 atom stereocenters. The fourth-order valence-electron chi connectivity index (χ4n) is 2.90. The molecule has 0 heterocycles. The zero-order valence-corrected chi connectivity index (χ0v) is 13.5. The van der Waals surface area contributed by atoms with Gasteiger partial charge in [-0.25, -0.2) is 0 Å². The highest BCUT2D eigenvalue weighted by Gasteiger charge is 2.15. The molecule has 0 amide bonds. The van der Waals surface area contributed by atoms with Crippen molar-refractivity contribution < 1.29 is 9.47 Å². The molecule has 1 saturated carbocycles. The Morgan fingerprint density at radius 1 is 1.19 bits per heavy atom. The SMILES string of the molecule is CCCNCc1ccc(OC)c(COC2CCCCC2)c1. The van der Waals surface area contributed by atoms with E-state index >= 15 is 0 Å². The zero-order valence-electron chi connectivity index (χ0n) is 13.5. The van der Waals surface area contributed by atoms with Gasteiger partial charge in [0.05, 0.1) is 19.8 Å². The maximum absolute atomic E-state index is 6.09. The summed E-state index contributed by atoms with van der Waals surface area (Å²) in [4.78, 5) is 0. The quantitative estimate of drug-likeness (QED) is 0.733. The van der Waals surface area contributed by atoms with Crippen molar-refractivity contribution in [3.8, 4) is 5.75 Å². The lowest BCUT2D eigenvalue weighted by Crippen LogP contribution is -2.17. The summed E-state index contributed by atoms with van der Waals surface area (Å²) in [6.07, 6.45) is 7.99. The molecule has 0 radical (unpaired) electrons. The monoisotopic (exact) mass is 291 g/mol. The molecule has 0 unspecified atom stereocenters. The van der Waals surface area contributed by atoms with Crippen LogP contribution >= 0.6 is 0 Å². The second-order valence-electron chi connectivity index (χ2n) is 5.89. The summed E-state index contributed by atoms with van der Waals surface area (Å²) < 4.78 is 11.6. The van der Waals surface area contributed by atoms with Crippen LogP contribution in [0.3, 0.4) is 0 Å². The van der Waals surface area contributed by atoms with Crippen LogP contribution in [0.1, 0.15) is 56.6 Å². The van der Waals surface area contributed by atoms with Crippen molar-refractivity contribution in [1.82, 2.24) is 5.32 Å². The first-order valence-electron chi connectivity index (χ1n) is 8.31. The summed E-state index contributed by atoms with van der Waals surface area (Å²) in [7, 11) is 1.73. The molecule has 1 fully saturated rings. The number of nitrogens with one attached hydrogen (secondary N) is 1. The molecule has 1 aliphatic carbocycles. The molecular weight excluding hydrogens is 262 g/mol. The van der Waals surface area contributed by atoms with Crippen LogP contribution in [-0.4, -0.2) is 19.8 Å². The minimum atomic E-state index is 0.435. The van der Waals surface area contributed by atoms with E-state index in [0.717, 1.165) is 25.3 Å². The zero-order chi connectivity index (χ0) is 14.9. The fourth-order valence-corrected chi connectivity index (χ4v) is 2.90. The summed E-state index contributed by atoms with van der Waals surface area (Å²) in [6, 6.07) is 6.40. The topological polar surface area (TPSA) is 30.5 Å². The van der Waals surface area contributed by atoms with E-state index in [1.165, 1.54) is 43.2 Å². The maximum Gasteiger partial charge on any atom is 0.124 e. The predicted octanol–water partition coefficient (Wildman–Crippen LogP) is 4.04. The lowest BCUT2D eigenvalue weighted by molar-refractivity contribution is 0.0160. The van der Waals surface area contributed by atoms with Crippen molar-refractivity contribution in [3.63, 3.8) is 0 Å². The standard InChI is InChI=1S/C18H29NO2/c1-3-11-19-13-15-9-10-18(20-2)16(12-15)14-21-17-7-5-4-6-8-17/h9-10,12,17,19H,3-8,11,13-14H2,1-2H3. The molecule has 3 nitrogen and oxygen atoms in total. The van der Waals surface area contributed by atoms with Crippen LogP contribution in [-0.2, 0) is 17.9 Å². The van der Waals surface area contributed by atoms with Crippen LogP contribution in [0.25, 0.3) is 0 Å². The summed E-state index contributed by atoms with van der Waals surface area (Å²) >= 11 is 0. The number of methoxy groups -OCH3 is 1. The van der Waals surface area contributed by atoms with Crippen LogP contribution in [0.2, 0.25) is 0 Å². The largest absolute Gasteiger partial charge is 0.496 e. The molecule has 0 bridgehead atoms. The Labute approximate surface area is 129 Å². The first-order valence-corrected chi connectivity index (χ1v) is 8.31. The average molecular weight is 291 g/mol. The van der Waals surface area contributed by atoms with Crippen LogP contribution < -0.4 is 10.1 Å². The van der Waals surface area contributed by atoms with Crippen LogP contribution in [0.15, 0.2) is 18.2 Å². The van der Waals surface area contributed by atoms with E-state index in [-0.39, 0.29) is 0 Å². The lowest BCUT2D eigenvalue weighted by atomic mass is 9.98. The number of rotatable bonds is 8. The molecule has 1 aromatic carbocycles. The minimum absolute atomic E-state index is 0.435. The second kappa shape index (κ2) is 9.06. The first-order chi connectivity index (χ1) is 10.3. The molecule has 1 aromatic rings. The second-order valence-corrected chi connectivity index (χ2v) is 5.89. The molecular formula is C18H29NO2. The van der Waals surface area contributed by atoms with E-state index in [4.69, 9.17) is 9.47 Å². The summed E-state index contributed by atoms with van der Waals surface area (Å²) in [6.45, 7) is 4.81. The van der Waals surface area contributed by atoms with E-state index in [1.807, 2.05) is 0 Å². The van der Waals surface area contributed by atoms with Gasteiger partial charge in [0.2, 0.25) is 0 Å². The Bertz CT molecular complexity index is 414. The van der Waals surface area contributed by atoms with Gasteiger partial charge in [0.25, 0.3) is 0 Å². The lowest BCUT2D eigenvalue weighted by Gasteiger charge is -2.22. The van der Waals surface area contributed by atoms with E-state index in [1.54, 1.807) is 7.11 Å². The van der Waals surface area contributed by atoms with Gasteiger partial charge < -0.3 is 14.8 Å². The van der Waals surface area contributed by atoms with Crippen molar-refractivity contribution >= 4 is 0 Å². The molecule has 0 spiro atoms. The van der Waals surface area contributed by atoms with E-state index in [0.29, 0.717) is 12.7 Å². The molecule has 118 valence electrons. The summed E-state index contributed by atoms with van der Waals surface area (Å²) in [5.41, 5.74) is 2.46. The van der Waals surface area contributed by atoms with Crippen LogP contribution in [0, 0.1) is 0 Å². The molecule has 1 N–H and O–H groups in total. The summed E-state index contributed by atoms with van der Waals surface area (Å²) in [5.74, 6) is 0.935. The van der Waals surface area contributed by atoms with Gasteiger partial charge in [0, 0.05) is 12.1 Å². The molecule has 2 rings (SSSR count). The minimum Gasteiger partial charge on any atom is -0.496 e. The Hall–Kier alpha value is -1.06. The van der Waals surface area contributed by atoms with Crippen molar-refractivity contribution in [2.75, 3.05) is 13.7 Å². The van der Waals surface area contributed by atoms with Gasteiger partial charge in [0.15, 0.2) is 0 Å². The third-order valence-corrected chi connectivity index (χ3v) is 4.13. The van der Waals surface area contributed by atoms with Crippen LogP contribution in [0.4, 0.5) is 0 Å². The molecule has 1 aliphatic rings. The van der Waals surface area contributed by atoms with Crippen molar-refractivity contribution in [3.05, 3.63) is 29.3 Å². The predicted molar refractivity (Wildman–Crippen MR) is 86.7 cm³/mol. The van der Waals surface area contributed by atoms with E-state index < -0.39 is 0 Å². The molecule has 3 heteroatoms. The number of benzene rings is 1. The van der Waals surface area contributed by atoms with Crippen molar-refractivity contribution in [2.24, 2.45) is 0 Å². The molecule has 21 heavy (non-hydrogen) atoms. The Kier molecular flexibility index (Phi) is 7.04. The maximum atomic E-state index is 6.09. The van der Waals surface area contributed by atoms with Gasteiger partial charge in [-0.05, 0) is 43.5 Å². The molecule has 0 aliphatic heterocycles. The Morgan fingerprint density at radius 2 is 2.00 bits per heavy atom. The van der Waals surface area contributed by atoms with Gasteiger partial charge >= 0.3 is 0 Å². The van der Waals surface area contributed by atoms with Gasteiger partial charge in [-0.3, -0.25) is 0 Å². The van der Waals surface area contributed by atoms with Crippen molar-refractivity contribution in [2.45, 2.75) is 64.7 Å². The fraction of sp³-hybridized carbons (Fsp3) is 0.667. The molecule has 0 aromatic heterocycles. The number of hydrogen-bond donors (Lipinski definition) is 1. The van der Waals surface area contributed by atoms with Gasteiger partial charge in [-0.1, -0.05) is 32.3 Å². The molecule has 0 saturated heterocycles. The normalized spacial score (nSPS) is 16.1.